The molecule has 1 aliphatic heterocycles. The highest BCUT2D eigenvalue weighted by Crippen LogP contribution is 2.27. The summed E-state index contributed by atoms with van der Waals surface area (Å²) in [6.45, 7) is 4.29. The van der Waals surface area contributed by atoms with Gasteiger partial charge in [-0.25, -0.2) is 4.39 Å². The number of hydrogen-bond donors (Lipinski definition) is 1. The zero-order valence-corrected chi connectivity index (χ0v) is 9.09. The van der Waals surface area contributed by atoms with Crippen molar-refractivity contribution >= 4 is 5.69 Å². The summed E-state index contributed by atoms with van der Waals surface area (Å²) < 4.78 is 18.0. The molecule has 1 N–H and O–H groups in total. The predicted octanol–water partition coefficient (Wildman–Crippen LogP) is 2.15. The monoisotopic (exact) mass is 220 g/mol. The van der Waals surface area contributed by atoms with Crippen LogP contribution in [0.3, 0.4) is 0 Å². The summed E-state index contributed by atoms with van der Waals surface area (Å²) in [5, 5.41) is 12.0. The lowest BCUT2D eigenvalue weighted by Crippen LogP contribution is -2.45. The largest absolute Gasteiger partial charge is 0.383 e. The third kappa shape index (κ3) is 2.15. The molecule has 0 amide bonds. The van der Waals surface area contributed by atoms with Gasteiger partial charge in [-0.1, -0.05) is 6.92 Å². The van der Waals surface area contributed by atoms with Crippen molar-refractivity contribution in [2.45, 2.75) is 6.92 Å². The van der Waals surface area contributed by atoms with Crippen LogP contribution in [0.15, 0.2) is 18.2 Å². The van der Waals surface area contributed by atoms with Gasteiger partial charge in [-0.15, -0.1) is 0 Å². The minimum atomic E-state index is -0.389. The van der Waals surface area contributed by atoms with Crippen LogP contribution in [0.1, 0.15) is 12.5 Å². The van der Waals surface area contributed by atoms with Crippen molar-refractivity contribution in [3.8, 4) is 6.07 Å². The van der Waals surface area contributed by atoms with E-state index in [0.29, 0.717) is 11.3 Å². The second-order valence-corrected chi connectivity index (χ2v) is 4.46. The lowest BCUT2D eigenvalue weighted by molar-refractivity contribution is -0.0924. The highest BCUT2D eigenvalue weighted by Gasteiger charge is 2.33. The molecule has 84 valence electrons. The Hall–Kier alpha value is -1.60. The molecule has 0 aromatic heterocycles. The molecule has 0 radical (unpaired) electrons. The smallest absolute Gasteiger partial charge is 0.124 e. The second-order valence-electron chi connectivity index (χ2n) is 4.46. The van der Waals surface area contributed by atoms with E-state index in [1.165, 1.54) is 12.1 Å². The highest BCUT2D eigenvalue weighted by molar-refractivity contribution is 5.57. The van der Waals surface area contributed by atoms with E-state index in [1.54, 1.807) is 6.07 Å². The van der Waals surface area contributed by atoms with Gasteiger partial charge in [0.2, 0.25) is 0 Å². The minimum absolute atomic E-state index is 0.126. The Balaban J connectivity index is 2.07. The third-order valence-electron chi connectivity index (χ3n) is 2.71. The number of hydrogen-bond acceptors (Lipinski definition) is 3. The number of rotatable bonds is 3. The van der Waals surface area contributed by atoms with Gasteiger partial charge >= 0.3 is 0 Å². The lowest BCUT2D eigenvalue weighted by atomic mass is 9.88. The molecule has 1 aromatic carbocycles. The first kappa shape index (κ1) is 10.9. The van der Waals surface area contributed by atoms with Crippen molar-refractivity contribution in [3.05, 3.63) is 29.6 Å². The van der Waals surface area contributed by atoms with Crippen LogP contribution in [-0.4, -0.2) is 19.8 Å². The third-order valence-corrected chi connectivity index (χ3v) is 2.71. The first-order chi connectivity index (χ1) is 7.63. The van der Waals surface area contributed by atoms with Gasteiger partial charge in [0, 0.05) is 12.0 Å². The number of halogens is 1. The second kappa shape index (κ2) is 4.11. The van der Waals surface area contributed by atoms with Crippen molar-refractivity contribution in [1.82, 2.24) is 0 Å². The molecule has 4 heteroatoms. The summed E-state index contributed by atoms with van der Waals surface area (Å²) in [6, 6.07) is 6.16. The van der Waals surface area contributed by atoms with Crippen LogP contribution in [0.5, 0.6) is 0 Å². The SMILES string of the molecule is CC1(CNc2ccc(F)cc2C#N)COC1. The molecule has 16 heavy (non-hydrogen) atoms. The fourth-order valence-electron chi connectivity index (χ4n) is 1.62. The van der Waals surface area contributed by atoms with Crippen molar-refractivity contribution < 1.29 is 9.13 Å². The Morgan fingerprint density at radius 3 is 2.88 bits per heavy atom. The molecule has 0 atom stereocenters. The summed E-state index contributed by atoms with van der Waals surface area (Å²) in [5.74, 6) is -0.389. The molecule has 0 bridgehead atoms. The first-order valence-electron chi connectivity index (χ1n) is 5.14. The van der Waals surface area contributed by atoms with E-state index in [4.69, 9.17) is 10.00 Å². The van der Waals surface area contributed by atoms with Crippen LogP contribution in [0, 0.1) is 22.6 Å². The van der Waals surface area contributed by atoms with Crippen LogP contribution in [0.4, 0.5) is 10.1 Å². The van der Waals surface area contributed by atoms with Gasteiger partial charge in [0.15, 0.2) is 0 Å². The standard InChI is InChI=1S/C12H13FN2O/c1-12(7-16-8-12)6-15-11-3-2-10(13)4-9(11)5-14/h2-4,15H,6-8H2,1H3. The molecule has 0 spiro atoms. The maximum atomic E-state index is 12.9. The number of ether oxygens (including phenoxy) is 1. The molecule has 1 aromatic rings. The van der Waals surface area contributed by atoms with E-state index in [-0.39, 0.29) is 11.2 Å². The van der Waals surface area contributed by atoms with E-state index < -0.39 is 0 Å². The maximum absolute atomic E-state index is 12.9. The van der Waals surface area contributed by atoms with Gasteiger partial charge in [0.1, 0.15) is 11.9 Å². The normalized spacial score (nSPS) is 17.3. The fourth-order valence-corrected chi connectivity index (χ4v) is 1.62. The van der Waals surface area contributed by atoms with Crippen LogP contribution in [0.2, 0.25) is 0 Å². The molecule has 1 saturated heterocycles. The summed E-state index contributed by atoms with van der Waals surface area (Å²) in [4.78, 5) is 0. The molecule has 3 nitrogen and oxygen atoms in total. The Bertz CT molecular complexity index is 435. The summed E-state index contributed by atoms with van der Waals surface area (Å²) in [7, 11) is 0. The topological polar surface area (TPSA) is 45.0 Å². The van der Waals surface area contributed by atoms with E-state index in [2.05, 4.69) is 12.2 Å². The quantitative estimate of drug-likeness (QED) is 0.848. The van der Waals surface area contributed by atoms with Gasteiger partial charge in [-0.2, -0.15) is 5.26 Å². The molecular weight excluding hydrogens is 207 g/mol. The van der Waals surface area contributed by atoms with E-state index in [1.807, 2.05) is 6.07 Å². The Morgan fingerprint density at radius 1 is 1.56 bits per heavy atom. The fraction of sp³-hybridized carbons (Fsp3) is 0.417. The zero-order valence-electron chi connectivity index (χ0n) is 9.09. The van der Waals surface area contributed by atoms with Crippen LogP contribution in [0.25, 0.3) is 0 Å². The summed E-state index contributed by atoms with van der Waals surface area (Å²) in [5.41, 5.74) is 1.14. The van der Waals surface area contributed by atoms with Crippen LogP contribution >= 0.6 is 0 Å². The van der Waals surface area contributed by atoms with Gasteiger partial charge in [-0.05, 0) is 18.2 Å². The number of nitriles is 1. The van der Waals surface area contributed by atoms with Gasteiger partial charge in [-0.3, -0.25) is 0 Å². The minimum Gasteiger partial charge on any atom is -0.383 e. The Morgan fingerprint density at radius 2 is 2.31 bits per heavy atom. The molecule has 0 aliphatic carbocycles. The average molecular weight is 220 g/mol. The molecular formula is C12H13FN2O. The Kier molecular flexibility index (Phi) is 2.80. The molecule has 0 saturated carbocycles. The molecule has 1 fully saturated rings. The molecule has 1 heterocycles. The van der Waals surface area contributed by atoms with Gasteiger partial charge in [0.25, 0.3) is 0 Å². The van der Waals surface area contributed by atoms with Crippen molar-refractivity contribution in [2.24, 2.45) is 5.41 Å². The highest BCUT2D eigenvalue weighted by atomic mass is 19.1. The zero-order chi connectivity index (χ0) is 11.6. The van der Waals surface area contributed by atoms with E-state index in [0.717, 1.165) is 19.8 Å². The molecule has 1 aliphatic rings. The lowest BCUT2D eigenvalue weighted by Gasteiger charge is -2.38. The predicted molar refractivity (Wildman–Crippen MR) is 58.5 cm³/mol. The van der Waals surface area contributed by atoms with Crippen molar-refractivity contribution in [1.29, 1.82) is 5.26 Å². The first-order valence-corrected chi connectivity index (χ1v) is 5.14. The van der Waals surface area contributed by atoms with Crippen LogP contribution in [-0.2, 0) is 4.74 Å². The number of anilines is 1. The Labute approximate surface area is 93.8 Å². The molecule has 2 rings (SSSR count). The number of benzene rings is 1. The van der Waals surface area contributed by atoms with Crippen LogP contribution < -0.4 is 5.32 Å². The summed E-state index contributed by atoms with van der Waals surface area (Å²) in [6.07, 6.45) is 0. The van der Waals surface area contributed by atoms with Crippen molar-refractivity contribution in [2.75, 3.05) is 25.1 Å². The number of nitrogens with one attached hydrogen (secondary N) is 1. The van der Waals surface area contributed by atoms with Gasteiger partial charge in [0.05, 0.1) is 24.5 Å². The van der Waals surface area contributed by atoms with E-state index >= 15 is 0 Å². The maximum Gasteiger partial charge on any atom is 0.124 e. The summed E-state index contributed by atoms with van der Waals surface area (Å²) >= 11 is 0. The number of nitrogens with zero attached hydrogens (tertiary/aromatic N) is 1. The molecule has 0 unspecified atom stereocenters. The average Bonchev–Trinajstić information content (AvgIpc) is 2.24. The van der Waals surface area contributed by atoms with Crippen molar-refractivity contribution in [3.63, 3.8) is 0 Å². The van der Waals surface area contributed by atoms with E-state index in [9.17, 15) is 4.39 Å². The van der Waals surface area contributed by atoms with Gasteiger partial charge < -0.3 is 10.1 Å².